The van der Waals surface area contributed by atoms with Crippen molar-refractivity contribution in [1.82, 2.24) is 0 Å². The van der Waals surface area contributed by atoms with Crippen molar-refractivity contribution in [3.05, 3.63) is 0 Å². The summed E-state index contributed by atoms with van der Waals surface area (Å²) in [7, 11) is 0. The van der Waals surface area contributed by atoms with Gasteiger partial charge in [-0.25, -0.2) is 0 Å². The molecule has 0 aromatic heterocycles. The first kappa shape index (κ1) is 18.3. The number of rotatable bonds is 2. The molecule has 0 radical (unpaired) electrons. The van der Waals surface area contributed by atoms with E-state index in [1.165, 1.54) is 51.4 Å². The van der Waals surface area contributed by atoms with Crippen LogP contribution in [0.4, 0.5) is 0 Å². The molecule has 0 aromatic carbocycles. The van der Waals surface area contributed by atoms with Gasteiger partial charge in [0.1, 0.15) is 0 Å². The zero-order chi connectivity index (χ0) is 18.0. The Balaban J connectivity index is 1.60. The van der Waals surface area contributed by atoms with Gasteiger partial charge in [0.25, 0.3) is 0 Å². The first-order chi connectivity index (χ1) is 11.8. The van der Waals surface area contributed by atoms with Crippen LogP contribution in [0.5, 0.6) is 0 Å². The van der Waals surface area contributed by atoms with Crippen LogP contribution in [-0.4, -0.2) is 17.8 Å². The summed E-state index contributed by atoms with van der Waals surface area (Å²) in [5.74, 6) is 5.61. The van der Waals surface area contributed by atoms with Gasteiger partial charge in [0.2, 0.25) is 0 Å². The molecule has 0 aliphatic heterocycles. The minimum absolute atomic E-state index is 0.145. The van der Waals surface area contributed by atoms with Gasteiger partial charge in [0.15, 0.2) is 0 Å². The summed E-state index contributed by atoms with van der Waals surface area (Å²) in [6.45, 7) is 10.5. The third kappa shape index (κ3) is 2.57. The molecule has 25 heavy (non-hydrogen) atoms. The van der Waals surface area contributed by atoms with Gasteiger partial charge in [-0.3, -0.25) is 0 Å². The Kier molecular flexibility index (Phi) is 4.56. The van der Waals surface area contributed by atoms with E-state index >= 15 is 0 Å². The fourth-order valence-electron chi connectivity index (χ4n) is 8.99. The second-order valence-corrected chi connectivity index (χ2v) is 11.1. The molecule has 0 heterocycles. The van der Waals surface area contributed by atoms with Crippen molar-refractivity contribution in [1.29, 1.82) is 0 Å². The van der Waals surface area contributed by atoms with Crippen LogP contribution in [0, 0.1) is 52.3 Å². The van der Waals surface area contributed by atoms with Gasteiger partial charge in [-0.1, -0.05) is 20.8 Å². The first-order valence-electron chi connectivity index (χ1n) is 11.2. The normalized spacial score (nSPS) is 56.6. The van der Waals surface area contributed by atoms with Gasteiger partial charge in [-0.15, -0.1) is 0 Å². The lowest BCUT2D eigenvalue weighted by Gasteiger charge is -2.61. The largest absolute Gasteiger partial charge is 0.393 e. The SMILES string of the molecule is CC(O)C1[C@@H](C)CC2C3CCC4CC(CN)CCC4(C)C3CCC21C. The lowest BCUT2D eigenvalue weighted by Crippen LogP contribution is -2.54. The molecule has 10 atom stereocenters. The third-order valence-corrected chi connectivity index (χ3v) is 10.1. The molecule has 2 nitrogen and oxygen atoms in total. The molecule has 9 unspecified atom stereocenters. The molecule has 0 spiro atoms. The standard InChI is InChI=1S/C23H41NO/c1-14-11-20-18-6-5-17-12-16(13-24)7-9-22(17,3)19(18)8-10-23(20,4)21(14)15(2)25/h14-21,25H,5-13,24H2,1-4H3/t14-,15?,16?,17?,18?,19?,20?,21?,22?,23?/m0/s1. The van der Waals surface area contributed by atoms with Gasteiger partial charge < -0.3 is 10.8 Å². The molecule has 144 valence electrons. The minimum atomic E-state index is -0.145. The molecule has 4 aliphatic carbocycles. The molecule has 4 aliphatic rings. The molecule has 0 amide bonds. The van der Waals surface area contributed by atoms with Gasteiger partial charge in [-0.2, -0.15) is 0 Å². The zero-order valence-electron chi connectivity index (χ0n) is 17.0. The molecule has 4 saturated carbocycles. The minimum Gasteiger partial charge on any atom is -0.393 e. The van der Waals surface area contributed by atoms with E-state index in [1.54, 1.807) is 0 Å². The smallest absolute Gasteiger partial charge is 0.0548 e. The Bertz CT molecular complexity index is 504. The molecule has 0 aromatic rings. The number of aliphatic hydroxyl groups is 1. The predicted octanol–water partition coefficient (Wildman–Crippen LogP) is 4.85. The van der Waals surface area contributed by atoms with Crippen molar-refractivity contribution in [3.63, 3.8) is 0 Å². The highest BCUT2D eigenvalue weighted by Gasteiger charge is 2.62. The Morgan fingerprint density at radius 3 is 2.40 bits per heavy atom. The van der Waals surface area contributed by atoms with E-state index in [0.29, 0.717) is 22.7 Å². The van der Waals surface area contributed by atoms with E-state index < -0.39 is 0 Å². The van der Waals surface area contributed by atoms with Crippen molar-refractivity contribution in [2.24, 2.45) is 58.0 Å². The Morgan fingerprint density at radius 1 is 1.00 bits per heavy atom. The van der Waals surface area contributed by atoms with Crippen molar-refractivity contribution in [2.45, 2.75) is 85.2 Å². The highest BCUT2D eigenvalue weighted by atomic mass is 16.3. The molecular formula is C23H41NO. The second kappa shape index (κ2) is 6.23. The van der Waals surface area contributed by atoms with Crippen LogP contribution in [-0.2, 0) is 0 Å². The maximum atomic E-state index is 10.5. The van der Waals surface area contributed by atoms with E-state index in [0.717, 1.165) is 36.1 Å². The summed E-state index contributed by atoms with van der Waals surface area (Å²) in [5, 5.41) is 10.5. The van der Waals surface area contributed by atoms with Gasteiger partial charge >= 0.3 is 0 Å². The number of fused-ring (bicyclic) bond motifs is 5. The average Bonchev–Trinajstić information content (AvgIpc) is 2.84. The Labute approximate surface area is 155 Å². The van der Waals surface area contributed by atoms with Crippen LogP contribution in [0.25, 0.3) is 0 Å². The van der Waals surface area contributed by atoms with Gasteiger partial charge in [0.05, 0.1) is 6.10 Å². The molecular weight excluding hydrogens is 306 g/mol. The van der Waals surface area contributed by atoms with E-state index in [-0.39, 0.29) is 6.10 Å². The molecule has 2 heteroatoms. The van der Waals surface area contributed by atoms with Crippen molar-refractivity contribution in [2.75, 3.05) is 6.54 Å². The first-order valence-corrected chi connectivity index (χ1v) is 11.2. The monoisotopic (exact) mass is 347 g/mol. The summed E-state index contributed by atoms with van der Waals surface area (Å²) < 4.78 is 0. The average molecular weight is 348 g/mol. The lowest BCUT2D eigenvalue weighted by atomic mass is 9.44. The molecule has 0 saturated heterocycles. The zero-order valence-corrected chi connectivity index (χ0v) is 17.0. The lowest BCUT2D eigenvalue weighted by molar-refractivity contribution is -0.124. The van der Waals surface area contributed by atoms with E-state index in [1.807, 2.05) is 6.92 Å². The second-order valence-electron chi connectivity index (χ2n) is 11.1. The van der Waals surface area contributed by atoms with Crippen molar-refractivity contribution >= 4 is 0 Å². The highest BCUT2D eigenvalue weighted by Crippen LogP contribution is 2.68. The van der Waals surface area contributed by atoms with Crippen LogP contribution in [0.1, 0.15) is 79.1 Å². The van der Waals surface area contributed by atoms with E-state index in [4.69, 9.17) is 5.73 Å². The molecule has 4 fully saturated rings. The molecule has 0 bridgehead atoms. The Morgan fingerprint density at radius 2 is 1.72 bits per heavy atom. The van der Waals surface area contributed by atoms with Crippen LogP contribution in [0.15, 0.2) is 0 Å². The maximum absolute atomic E-state index is 10.5. The number of aliphatic hydroxyl groups excluding tert-OH is 1. The summed E-state index contributed by atoms with van der Waals surface area (Å²) >= 11 is 0. The fraction of sp³-hybridized carbons (Fsp3) is 1.00. The molecule has 4 rings (SSSR count). The topological polar surface area (TPSA) is 46.2 Å². The number of nitrogens with two attached hydrogens (primary N) is 1. The predicted molar refractivity (Wildman–Crippen MR) is 104 cm³/mol. The van der Waals surface area contributed by atoms with Crippen LogP contribution in [0.3, 0.4) is 0 Å². The Hall–Kier alpha value is -0.0800. The third-order valence-electron chi connectivity index (χ3n) is 10.1. The maximum Gasteiger partial charge on any atom is 0.0548 e. The molecule has 3 N–H and O–H groups in total. The quantitative estimate of drug-likeness (QED) is 0.750. The van der Waals surface area contributed by atoms with E-state index in [2.05, 4.69) is 20.8 Å². The fourth-order valence-corrected chi connectivity index (χ4v) is 8.99. The summed E-state index contributed by atoms with van der Waals surface area (Å²) in [4.78, 5) is 0. The van der Waals surface area contributed by atoms with Crippen LogP contribution in [0.2, 0.25) is 0 Å². The highest BCUT2D eigenvalue weighted by molar-refractivity contribution is 5.11. The van der Waals surface area contributed by atoms with Crippen LogP contribution >= 0.6 is 0 Å². The van der Waals surface area contributed by atoms with Crippen molar-refractivity contribution < 1.29 is 5.11 Å². The summed E-state index contributed by atoms with van der Waals surface area (Å²) in [6, 6.07) is 0. The van der Waals surface area contributed by atoms with Gasteiger partial charge in [-0.05, 0) is 117 Å². The number of hydrogen-bond acceptors (Lipinski definition) is 2. The van der Waals surface area contributed by atoms with E-state index in [9.17, 15) is 5.11 Å². The van der Waals surface area contributed by atoms with Crippen molar-refractivity contribution in [3.8, 4) is 0 Å². The van der Waals surface area contributed by atoms with Crippen LogP contribution < -0.4 is 5.73 Å². The van der Waals surface area contributed by atoms with Gasteiger partial charge in [0, 0.05) is 0 Å². The number of hydrogen-bond donors (Lipinski definition) is 2. The summed E-state index contributed by atoms with van der Waals surface area (Å²) in [6.07, 6.45) is 11.0. The summed E-state index contributed by atoms with van der Waals surface area (Å²) in [5.41, 5.74) is 6.98.